The first-order valence-electron chi connectivity index (χ1n) is 12.3. The Balaban J connectivity index is 1.49. The highest BCUT2D eigenvalue weighted by molar-refractivity contribution is 6.02. The van der Waals surface area contributed by atoms with Crippen LogP contribution in [-0.2, 0) is 4.79 Å². The van der Waals surface area contributed by atoms with Crippen LogP contribution in [0.5, 0.6) is 28.7 Å². The quantitative estimate of drug-likeness (QED) is 0.511. The lowest BCUT2D eigenvalue weighted by Crippen LogP contribution is -2.48. The van der Waals surface area contributed by atoms with Gasteiger partial charge in [-0.1, -0.05) is 24.3 Å². The summed E-state index contributed by atoms with van der Waals surface area (Å²) in [5.41, 5.74) is 1.75. The van der Waals surface area contributed by atoms with E-state index in [9.17, 15) is 9.59 Å². The van der Waals surface area contributed by atoms with E-state index in [0.717, 1.165) is 5.56 Å². The fourth-order valence-corrected chi connectivity index (χ4v) is 5.04. The van der Waals surface area contributed by atoms with E-state index in [4.69, 9.17) is 23.7 Å². The second-order valence-electron chi connectivity index (χ2n) is 9.15. The Hall–Kier alpha value is -4.40. The Morgan fingerprint density at radius 1 is 0.974 bits per heavy atom. The van der Waals surface area contributed by atoms with E-state index >= 15 is 0 Å². The molecule has 3 aromatic carbocycles. The van der Waals surface area contributed by atoms with Gasteiger partial charge < -0.3 is 33.9 Å². The summed E-state index contributed by atoms with van der Waals surface area (Å²) in [4.78, 5) is 29.0. The van der Waals surface area contributed by atoms with Gasteiger partial charge in [0.15, 0.2) is 23.0 Å². The lowest BCUT2D eigenvalue weighted by Gasteiger charge is -2.40. The Labute approximate surface area is 221 Å². The van der Waals surface area contributed by atoms with Gasteiger partial charge in [-0.15, -0.1) is 0 Å². The molecule has 0 radical (unpaired) electrons. The number of nitrogens with one attached hydrogen (secondary N) is 1. The zero-order valence-corrected chi connectivity index (χ0v) is 21.7. The molecule has 0 spiro atoms. The highest BCUT2D eigenvalue weighted by Crippen LogP contribution is 2.45. The predicted octanol–water partition coefficient (Wildman–Crippen LogP) is 3.58. The molecule has 1 N–H and O–H groups in total. The van der Waals surface area contributed by atoms with Gasteiger partial charge in [0.1, 0.15) is 18.5 Å². The van der Waals surface area contributed by atoms with Crippen LogP contribution in [0, 0.1) is 0 Å². The largest absolute Gasteiger partial charge is 0.497 e. The minimum atomic E-state index is -0.724. The molecule has 0 aliphatic carbocycles. The van der Waals surface area contributed by atoms with Gasteiger partial charge in [-0.3, -0.25) is 9.59 Å². The van der Waals surface area contributed by atoms with E-state index in [-0.39, 0.29) is 24.5 Å². The van der Waals surface area contributed by atoms with Gasteiger partial charge in [0.25, 0.3) is 5.91 Å². The molecule has 2 amide bonds. The lowest BCUT2D eigenvalue weighted by molar-refractivity contribution is -0.124. The number of para-hydroxylation sites is 2. The molecule has 2 aliphatic rings. The van der Waals surface area contributed by atoms with E-state index in [1.807, 2.05) is 48.5 Å². The number of amides is 2. The van der Waals surface area contributed by atoms with Crippen LogP contribution in [-0.4, -0.2) is 64.3 Å². The van der Waals surface area contributed by atoms with Crippen molar-refractivity contribution in [2.24, 2.45) is 0 Å². The molecule has 0 aromatic heterocycles. The summed E-state index contributed by atoms with van der Waals surface area (Å²) in [5.74, 6) is 1.67. The number of rotatable bonds is 7. The average molecular weight is 519 g/mol. The minimum absolute atomic E-state index is 0.216. The fourth-order valence-electron chi connectivity index (χ4n) is 5.04. The van der Waals surface area contributed by atoms with Crippen molar-refractivity contribution >= 4 is 11.8 Å². The third-order valence-corrected chi connectivity index (χ3v) is 6.99. The number of nitrogens with zero attached hydrogens (tertiary/aromatic N) is 1. The molecule has 3 atom stereocenters. The minimum Gasteiger partial charge on any atom is -0.497 e. The van der Waals surface area contributed by atoms with E-state index in [1.165, 1.54) is 14.2 Å². The molecule has 9 heteroatoms. The molecular weight excluding hydrogens is 488 g/mol. The van der Waals surface area contributed by atoms with Gasteiger partial charge in [0, 0.05) is 12.6 Å². The molecule has 0 saturated heterocycles. The summed E-state index contributed by atoms with van der Waals surface area (Å²) < 4.78 is 28.1. The number of hydrogen-bond donors (Lipinski definition) is 1. The second kappa shape index (κ2) is 10.5. The van der Waals surface area contributed by atoms with Gasteiger partial charge in [-0.2, -0.15) is 0 Å². The number of ether oxygens (including phenoxy) is 5. The van der Waals surface area contributed by atoms with Gasteiger partial charge in [0.05, 0.1) is 39.8 Å². The van der Waals surface area contributed by atoms with Crippen LogP contribution < -0.4 is 29.0 Å². The number of hydrogen-bond acceptors (Lipinski definition) is 7. The molecule has 198 valence electrons. The second-order valence-corrected chi connectivity index (χ2v) is 9.15. The Morgan fingerprint density at radius 3 is 2.34 bits per heavy atom. The highest BCUT2D eigenvalue weighted by Gasteiger charge is 2.43. The van der Waals surface area contributed by atoms with E-state index in [0.29, 0.717) is 46.5 Å². The van der Waals surface area contributed by atoms with Gasteiger partial charge in [-0.05, 0) is 47.5 Å². The Morgan fingerprint density at radius 2 is 1.66 bits per heavy atom. The van der Waals surface area contributed by atoms with E-state index in [1.54, 1.807) is 31.2 Å². The fraction of sp³-hybridized carbons (Fsp3) is 0.310. The molecule has 0 fully saturated rings. The summed E-state index contributed by atoms with van der Waals surface area (Å²) in [7, 11) is 6.32. The van der Waals surface area contributed by atoms with E-state index < -0.39 is 12.0 Å². The number of benzene rings is 3. The van der Waals surface area contributed by atoms with Crippen molar-refractivity contribution in [3.05, 3.63) is 77.4 Å². The van der Waals surface area contributed by atoms with Crippen LogP contribution in [0.3, 0.4) is 0 Å². The summed E-state index contributed by atoms with van der Waals surface area (Å²) >= 11 is 0. The molecule has 0 bridgehead atoms. The van der Waals surface area contributed by atoms with Crippen LogP contribution in [0.4, 0.5) is 0 Å². The maximum Gasteiger partial charge on any atom is 0.254 e. The number of carbonyl (C=O) groups is 2. The average Bonchev–Trinajstić information content (AvgIpc) is 2.96. The summed E-state index contributed by atoms with van der Waals surface area (Å²) in [6, 6.07) is 17.6. The van der Waals surface area contributed by atoms with Crippen LogP contribution in [0.2, 0.25) is 0 Å². The zero-order valence-electron chi connectivity index (χ0n) is 21.7. The first-order valence-corrected chi connectivity index (χ1v) is 12.3. The maximum absolute atomic E-state index is 13.9. The van der Waals surface area contributed by atoms with Crippen LogP contribution in [0.1, 0.15) is 33.4 Å². The molecule has 0 unspecified atom stereocenters. The third kappa shape index (κ3) is 4.55. The monoisotopic (exact) mass is 518 g/mol. The maximum atomic E-state index is 13.9. The van der Waals surface area contributed by atoms with Crippen molar-refractivity contribution < 1.29 is 33.3 Å². The van der Waals surface area contributed by atoms with Crippen LogP contribution in [0.25, 0.3) is 0 Å². The van der Waals surface area contributed by atoms with Gasteiger partial charge in [-0.25, -0.2) is 0 Å². The predicted molar refractivity (Wildman–Crippen MR) is 139 cm³/mol. The number of methoxy groups -OCH3 is 3. The van der Waals surface area contributed by atoms with Crippen molar-refractivity contribution in [1.29, 1.82) is 0 Å². The Kier molecular flexibility index (Phi) is 7.00. The number of fused-ring (bicyclic) bond motifs is 2. The van der Waals surface area contributed by atoms with Gasteiger partial charge in [0.2, 0.25) is 5.91 Å². The van der Waals surface area contributed by atoms with Crippen molar-refractivity contribution in [2.45, 2.75) is 18.1 Å². The molecular formula is C29H30N2O7. The summed E-state index contributed by atoms with van der Waals surface area (Å²) in [6.45, 7) is 0.545. The number of carbonyl (C=O) groups excluding carboxylic acids is 2. The summed E-state index contributed by atoms with van der Waals surface area (Å²) in [5, 5.41) is 3.04. The Bertz CT molecular complexity index is 1340. The third-order valence-electron chi connectivity index (χ3n) is 6.99. The molecule has 3 aromatic rings. The molecule has 0 saturated carbocycles. The van der Waals surface area contributed by atoms with Crippen molar-refractivity contribution in [3.8, 4) is 28.7 Å². The molecule has 5 rings (SSSR count). The smallest absolute Gasteiger partial charge is 0.254 e. The first kappa shape index (κ1) is 25.3. The normalized spacial score (nSPS) is 19.8. The summed E-state index contributed by atoms with van der Waals surface area (Å²) in [6.07, 6.45) is -0.360. The van der Waals surface area contributed by atoms with Crippen LogP contribution in [0.15, 0.2) is 60.7 Å². The topological polar surface area (TPSA) is 95.6 Å². The lowest BCUT2D eigenvalue weighted by atomic mass is 9.79. The first-order chi connectivity index (χ1) is 18.4. The molecule has 2 aliphatic heterocycles. The molecule has 38 heavy (non-hydrogen) atoms. The number of likely N-dealkylation sites (N-methyl/N-ethyl adjacent to an activating group) is 1. The SMILES string of the molecule is COc1ccc([C@@H]2[C@H](C(=O)NC[C@H]3COc4ccccc4O3)c3cc(OC)c(OC)cc3C(=O)N2C)cc1. The van der Waals surface area contributed by atoms with Crippen molar-refractivity contribution in [3.63, 3.8) is 0 Å². The molecule has 2 heterocycles. The highest BCUT2D eigenvalue weighted by atomic mass is 16.6. The van der Waals surface area contributed by atoms with Gasteiger partial charge >= 0.3 is 0 Å². The molecule has 9 nitrogen and oxygen atoms in total. The van der Waals surface area contributed by atoms with Crippen molar-refractivity contribution in [2.75, 3.05) is 41.5 Å². The van der Waals surface area contributed by atoms with Crippen LogP contribution >= 0.6 is 0 Å². The van der Waals surface area contributed by atoms with E-state index in [2.05, 4.69) is 5.32 Å². The van der Waals surface area contributed by atoms with Crippen molar-refractivity contribution in [1.82, 2.24) is 10.2 Å². The zero-order chi connectivity index (χ0) is 26.8. The standard InChI is InChI=1S/C29H30N2O7/c1-31-27(17-9-11-18(34-2)12-10-17)26(20-13-24(35-3)25(36-4)14-21(20)29(31)33)28(32)30-15-19-16-37-22-7-5-6-8-23(22)38-19/h5-14,19,26-27H,15-16H2,1-4H3,(H,30,32)/t19-,26+,27+/m0/s1.